The fourth-order valence-electron chi connectivity index (χ4n) is 2.21. The van der Waals surface area contributed by atoms with Crippen LogP contribution in [0.1, 0.15) is 5.56 Å². The topological polar surface area (TPSA) is 82.9 Å². The molecule has 1 aromatic heterocycles. The Morgan fingerprint density at radius 2 is 1.70 bits per heavy atom. The van der Waals surface area contributed by atoms with Crippen LogP contribution >= 0.6 is 11.6 Å². The highest BCUT2D eigenvalue weighted by Gasteiger charge is 2.14. The van der Waals surface area contributed by atoms with Gasteiger partial charge in [0.2, 0.25) is 5.95 Å². The number of ether oxygens (including phenoxy) is 1. The molecule has 2 N–H and O–H groups in total. The van der Waals surface area contributed by atoms with Crippen molar-refractivity contribution in [3.05, 3.63) is 64.8 Å². The van der Waals surface area contributed by atoms with Crippen molar-refractivity contribution in [2.45, 2.75) is 0 Å². The van der Waals surface area contributed by atoms with Gasteiger partial charge in [-0.15, -0.1) is 0 Å². The van der Waals surface area contributed by atoms with E-state index in [0.717, 1.165) is 12.1 Å². The van der Waals surface area contributed by atoms with E-state index < -0.39 is 17.3 Å². The van der Waals surface area contributed by atoms with E-state index in [1.807, 2.05) is 6.07 Å². The predicted octanol–water partition coefficient (Wildman–Crippen LogP) is 4.78. The molecule has 3 aromatic rings. The van der Waals surface area contributed by atoms with Crippen molar-refractivity contribution in [2.75, 3.05) is 17.7 Å². The average Bonchev–Trinajstić information content (AvgIpc) is 2.64. The summed E-state index contributed by atoms with van der Waals surface area (Å²) in [5.74, 6) is -1.43. The first-order chi connectivity index (χ1) is 13.0. The maximum atomic E-state index is 14.1. The summed E-state index contributed by atoms with van der Waals surface area (Å²) in [7, 11) is 1.31. The first kappa shape index (κ1) is 18.4. The zero-order valence-electron chi connectivity index (χ0n) is 13.9. The highest BCUT2D eigenvalue weighted by Crippen LogP contribution is 2.28. The van der Waals surface area contributed by atoms with Gasteiger partial charge in [-0.25, -0.2) is 13.8 Å². The lowest BCUT2D eigenvalue weighted by Gasteiger charge is -2.11. The summed E-state index contributed by atoms with van der Waals surface area (Å²) in [4.78, 5) is 8.16. The zero-order valence-corrected chi connectivity index (χ0v) is 14.7. The summed E-state index contributed by atoms with van der Waals surface area (Å²) >= 11 is 5.98. The van der Waals surface area contributed by atoms with Crippen LogP contribution in [-0.4, -0.2) is 17.1 Å². The SMILES string of the molecule is COc1cc(F)c(Nc2cc(Cl)nc(Nc3ccc(C#N)cc3)n2)c(F)c1. The van der Waals surface area contributed by atoms with E-state index in [4.69, 9.17) is 21.6 Å². The molecule has 0 spiro atoms. The van der Waals surface area contributed by atoms with Crippen molar-refractivity contribution in [1.29, 1.82) is 5.26 Å². The smallest absolute Gasteiger partial charge is 0.230 e. The molecular formula is C18H12ClF2N5O. The third-order valence-electron chi connectivity index (χ3n) is 3.47. The van der Waals surface area contributed by atoms with Crippen LogP contribution in [0, 0.1) is 23.0 Å². The first-order valence-electron chi connectivity index (χ1n) is 7.60. The number of nitriles is 1. The molecular weight excluding hydrogens is 376 g/mol. The first-order valence-corrected chi connectivity index (χ1v) is 7.98. The molecule has 0 aliphatic rings. The molecule has 3 rings (SSSR count). The Morgan fingerprint density at radius 1 is 1.04 bits per heavy atom. The number of halogens is 3. The summed E-state index contributed by atoms with van der Waals surface area (Å²) in [6, 6.07) is 12.0. The standard InChI is InChI=1S/C18H12ClF2N5O/c1-27-12-6-13(20)17(14(21)7-12)25-16-8-15(19)24-18(26-16)23-11-4-2-10(9-22)3-5-11/h2-8H,1H3,(H2,23,24,25,26). The van der Waals surface area contributed by atoms with Crippen molar-refractivity contribution < 1.29 is 13.5 Å². The van der Waals surface area contributed by atoms with Gasteiger partial charge in [-0.2, -0.15) is 10.2 Å². The van der Waals surface area contributed by atoms with Crippen LogP contribution in [0.2, 0.25) is 5.15 Å². The molecule has 0 aliphatic heterocycles. The molecule has 0 unspecified atom stereocenters. The number of nitrogens with zero attached hydrogens (tertiary/aromatic N) is 3. The van der Waals surface area contributed by atoms with Crippen LogP contribution in [-0.2, 0) is 0 Å². The van der Waals surface area contributed by atoms with E-state index in [-0.39, 0.29) is 22.7 Å². The molecule has 9 heteroatoms. The van der Waals surface area contributed by atoms with Crippen LogP contribution in [0.3, 0.4) is 0 Å². The number of anilines is 4. The monoisotopic (exact) mass is 387 g/mol. The van der Waals surface area contributed by atoms with Crippen LogP contribution in [0.25, 0.3) is 0 Å². The third kappa shape index (κ3) is 4.40. The van der Waals surface area contributed by atoms with E-state index in [1.165, 1.54) is 13.2 Å². The Kier molecular flexibility index (Phi) is 5.33. The van der Waals surface area contributed by atoms with Crippen LogP contribution in [0.5, 0.6) is 5.75 Å². The number of methoxy groups -OCH3 is 1. The minimum Gasteiger partial charge on any atom is -0.497 e. The second-order valence-electron chi connectivity index (χ2n) is 5.30. The molecule has 0 bridgehead atoms. The van der Waals surface area contributed by atoms with Gasteiger partial charge >= 0.3 is 0 Å². The Labute approximate surface area is 158 Å². The van der Waals surface area contributed by atoms with Crippen molar-refractivity contribution in [1.82, 2.24) is 9.97 Å². The fraction of sp³-hybridized carbons (Fsp3) is 0.0556. The molecule has 0 saturated carbocycles. The lowest BCUT2D eigenvalue weighted by Crippen LogP contribution is -2.04. The van der Waals surface area contributed by atoms with Crippen molar-refractivity contribution in [3.63, 3.8) is 0 Å². The van der Waals surface area contributed by atoms with Gasteiger partial charge in [0.05, 0.1) is 18.7 Å². The zero-order chi connectivity index (χ0) is 19.4. The van der Waals surface area contributed by atoms with E-state index in [0.29, 0.717) is 11.3 Å². The van der Waals surface area contributed by atoms with Crippen molar-refractivity contribution in [3.8, 4) is 11.8 Å². The Bertz CT molecular complexity index is 998. The van der Waals surface area contributed by atoms with Gasteiger partial charge < -0.3 is 15.4 Å². The Hall–Kier alpha value is -3.44. The Morgan fingerprint density at radius 3 is 2.30 bits per heavy atom. The van der Waals surface area contributed by atoms with Gasteiger partial charge in [0.15, 0.2) is 11.6 Å². The molecule has 0 atom stereocenters. The molecule has 0 radical (unpaired) electrons. The van der Waals surface area contributed by atoms with Crippen LogP contribution in [0.15, 0.2) is 42.5 Å². The number of rotatable bonds is 5. The largest absolute Gasteiger partial charge is 0.497 e. The number of aromatic nitrogens is 2. The van der Waals surface area contributed by atoms with Gasteiger partial charge in [-0.3, -0.25) is 0 Å². The van der Waals surface area contributed by atoms with E-state index in [2.05, 4.69) is 20.6 Å². The predicted molar refractivity (Wildman–Crippen MR) is 97.7 cm³/mol. The van der Waals surface area contributed by atoms with Gasteiger partial charge in [-0.05, 0) is 24.3 Å². The molecule has 0 aliphatic carbocycles. The quantitative estimate of drug-likeness (QED) is 0.613. The maximum absolute atomic E-state index is 14.1. The van der Waals surface area contributed by atoms with Gasteiger partial charge in [0.25, 0.3) is 0 Å². The second kappa shape index (κ2) is 7.85. The number of nitrogens with one attached hydrogen (secondary N) is 2. The second-order valence-corrected chi connectivity index (χ2v) is 5.69. The molecule has 1 heterocycles. The summed E-state index contributed by atoms with van der Waals surface area (Å²) in [6.45, 7) is 0. The molecule has 0 amide bonds. The number of hydrogen-bond donors (Lipinski definition) is 2. The summed E-state index contributed by atoms with van der Waals surface area (Å²) in [5.41, 5.74) is 0.722. The Balaban J connectivity index is 1.86. The highest BCUT2D eigenvalue weighted by atomic mass is 35.5. The fourth-order valence-corrected chi connectivity index (χ4v) is 2.39. The normalized spacial score (nSPS) is 10.2. The molecule has 0 fully saturated rings. The van der Waals surface area contributed by atoms with Gasteiger partial charge in [0, 0.05) is 23.9 Å². The average molecular weight is 388 g/mol. The highest BCUT2D eigenvalue weighted by molar-refractivity contribution is 6.29. The molecule has 136 valence electrons. The minimum absolute atomic E-state index is 0.0550. The molecule has 2 aromatic carbocycles. The lowest BCUT2D eigenvalue weighted by molar-refractivity contribution is 0.407. The summed E-state index contributed by atoms with van der Waals surface area (Å²) in [6.07, 6.45) is 0. The minimum atomic E-state index is -0.844. The van der Waals surface area contributed by atoms with Crippen LogP contribution in [0.4, 0.5) is 31.9 Å². The van der Waals surface area contributed by atoms with Crippen molar-refractivity contribution in [2.24, 2.45) is 0 Å². The number of benzene rings is 2. The van der Waals surface area contributed by atoms with E-state index in [9.17, 15) is 8.78 Å². The molecule has 27 heavy (non-hydrogen) atoms. The van der Waals surface area contributed by atoms with Gasteiger partial charge in [0.1, 0.15) is 22.4 Å². The van der Waals surface area contributed by atoms with Crippen LogP contribution < -0.4 is 15.4 Å². The third-order valence-corrected chi connectivity index (χ3v) is 3.66. The van der Waals surface area contributed by atoms with Crippen molar-refractivity contribution >= 4 is 34.7 Å². The summed E-state index contributed by atoms with van der Waals surface area (Å²) in [5, 5.41) is 14.3. The summed E-state index contributed by atoms with van der Waals surface area (Å²) < 4.78 is 33.0. The maximum Gasteiger partial charge on any atom is 0.230 e. The number of hydrogen-bond acceptors (Lipinski definition) is 6. The van der Waals surface area contributed by atoms with E-state index >= 15 is 0 Å². The molecule has 0 saturated heterocycles. The molecule has 6 nitrogen and oxygen atoms in total. The van der Waals surface area contributed by atoms with E-state index in [1.54, 1.807) is 24.3 Å². The lowest BCUT2D eigenvalue weighted by atomic mass is 10.2. The van der Waals surface area contributed by atoms with Gasteiger partial charge in [-0.1, -0.05) is 11.6 Å².